The molecule has 0 spiro atoms. The number of para-hydroxylation sites is 1. The van der Waals surface area contributed by atoms with Gasteiger partial charge in [-0.1, -0.05) is 44.0 Å². The molecule has 5 nitrogen and oxygen atoms in total. The Kier molecular flexibility index (Phi) is 8.65. The molecule has 184 valence electrons. The number of thioether (sulfide) groups is 1. The van der Waals surface area contributed by atoms with Crippen molar-refractivity contribution in [3.63, 3.8) is 0 Å². The normalized spacial score (nSPS) is 15.9. The SMILES string of the molecule is CCCCC1CN(c2ccccc2)c2cc(SC)c(Nc3cccc(C(=O)OC)c3)cc2SN1C. The number of anilines is 4. The number of rotatable bonds is 8. The predicted octanol–water partition coefficient (Wildman–Crippen LogP) is 7.59. The Morgan fingerprint density at radius 1 is 1.14 bits per heavy atom. The van der Waals surface area contributed by atoms with Gasteiger partial charge in [-0.2, -0.15) is 0 Å². The molecule has 1 heterocycles. The van der Waals surface area contributed by atoms with Gasteiger partial charge in [-0.05, 0) is 74.1 Å². The minimum absolute atomic E-state index is 0.338. The van der Waals surface area contributed by atoms with Crippen molar-refractivity contribution in [2.24, 2.45) is 0 Å². The third kappa shape index (κ3) is 5.97. The number of benzene rings is 3. The molecule has 0 amide bonds. The lowest BCUT2D eigenvalue weighted by Crippen LogP contribution is -2.35. The van der Waals surface area contributed by atoms with E-state index in [-0.39, 0.29) is 5.97 Å². The van der Waals surface area contributed by atoms with Gasteiger partial charge in [0.1, 0.15) is 0 Å². The van der Waals surface area contributed by atoms with Crippen molar-refractivity contribution < 1.29 is 9.53 Å². The van der Waals surface area contributed by atoms with Crippen LogP contribution in [0.2, 0.25) is 0 Å². The minimum atomic E-state index is -0.338. The Balaban J connectivity index is 1.74. The lowest BCUT2D eigenvalue weighted by atomic mass is 10.1. The molecule has 1 aliphatic heterocycles. The van der Waals surface area contributed by atoms with Crippen LogP contribution in [-0.4, -0.2) is 43.3 Å². The van der Waals surface area contributed by atoms with Crippen molar-refractivity contribution in [1.29, 1.82) is 0 Å². The highest BCUT2D eigenvalue weighted by Crippen LogP contribution is 2.45. The summed E-state index contributed by atoms with van der Waals surface area (Å²) in [5.41, 5.74) is 4.85. The van der Waals surface area contributed by atoms with Gasteiger partial charge in [-0.15, -0.1) is 11.8 Å². The summed E-state index contributed by atoms with van der Waals surface area (Å²) in [6.45, 7) is 3.20. The lowest BCUT2D eigenvalue weighted by molar-refractivity contribution is 0.0601. The average molecular weight is 508 g/mol. The highest BCUT2D eigenvalue weighted by Gasteiger charge is 2.28. The molecule has 0 aliphatic carbocycles. The number of nitrogens with zero attached hydrogens (tertiary/aromatic N) is 2. The summed E-state index contributed by atoms with van der Waals surface area (Å²) in [6.07, 6.45) is 5.68. The van der Waals surface area contributed by atoms with Gasteiger partial charge < -0.3 is 15.0 Å². The topological polar surface area (TPSA) is 44.8 Å². The minimum Gasteiger partial charge on any atom is -0.465 e. The highest BCUT2D eigenvalue weighted by molar-refractivity contribution is 7.98. The van der Waals surface area contributed by atoms with E-state index >= 15 is 0 Å². The number of hydrogen-bond donors (Lipinski definition) is 1. The third-order valence-electron chi connectivity index (χ3n) is 6.24. The Morgan fingerprint density at radius 2 is 1.94 bits per heavy atom. The molecule has 0 aromatic heterocycles. The maximum Gasteiger partial charge on any atom is 0.337 e. The second-order valence-corrected chi connectivity index (χ2v) is 10.6. The summed E-state index contributed by atoms with van der Waals surface area (Å²) >= 11 is 3.53. The first kappa shape index (κ1) is 25.5. The molecule has 7 heteroatoms. The summed E-state index contributed by atoms with van der Waals surface area (Å²) in [5.74, 6) is -0.338. The maximum atomic E-state index is 12.0. The van der Waals surface area contributed by atoms with Gasteiger partial charge >= 0.3 is 5.97 Å². The molecule has 0 fully saturated rings. The van der Waals surface area contributed by atoms with Crippen molar-refractivity contribution in [3.8, 4) is 0 Å². The summed E-state index contributed by atoms with van der Waals surface area (Å²) < 4.78 is 7.31. The molecular formula is C28H33N3O2S2. The molecule has 3 aromatic rings. The van der Waals surface area contributed by atoms with Gasteiger partial charge in [0.15, 0.2) is 0 Å². The standard InChI is InChI=1S/C28H33N3O2S2/c1-5-6-13-23-19-31(22-14-8-7-9-15-22)25-18-26(34-4)24(17-27(25)35-30(23)2)29-21-12-10-11-20(16-21)28(32)33-3/h7-12,14-18,23,29H,5-6,13,19H2,1-4H3. The molecule has 1 unspecified atom stereocenters. The summed E-state index contributed by atoms with van der Waals surface area (Å²) in [7, 11) is 3.61. The number of nitrogens with one attached hydrogen (secondary N) is 1. The first-order valence-corrected chi connectivity index (χ1v) is 13.9. The monoisotopic (exact) mass is 507 g/mol. The molecule has 3 aromatic carbocycles. The number of hydrogen-bond acceptors (Lipinski definition) is 7. The van der Waals surface area contributed by atoms with E-state index in [0.29, 0.717) is 11.6 Å². The fourth-order valence-electron chi connectivity index (χ4n) is 4.32. The maximum absolute atomic E-state index is 12.0. The number of likely N-dealkylation sites (N-methyl/N-ethyl adjacent to an activating group) is 1. The van der Waals surface area contributed by atoms with E-state index in [9.17, 15) is 4.79 Å². The van der Waals surface area contributed by atoms with Crippen LogP contribution in [-0.2, 0) is 4.74 Å². The summed E-state index contributed by atoms with van der Waals surface area (Å²) in [5, 5.41) is 3.55. The van der Waals surface area contributed by atoms with Crippen LogP contribution in [0.1, 0.15) is 36.5 Å². The molecule has 1 aliphatic rings. The zero-order valence-corrected chi connectivity index (χ0v) is 22.4. The second-order valence-electron chi connectivity index (χ2n) is 8.60. The van der Waals surface area contributed by atoms with E-state index in [4.69, 9.17) is 4.74 Å². The smallest absolute Gasteiger partial charge is 0.337 e. The van der Waals surface area contributed by atoms with E-state index in [1.165, 1.54) is 36.2 Å². The molecule has 35 heavy (non-hydrogen) atoms. The number of methoxy groups -OCH3 is 1. The fourth-order valence-corrected chi connectivity index (χ4v) is 5.94. The Hall–Kier alpha value is -2.61. The zero-order chi connectivity index (χ0) is 24.8. The van der Waals surface area contributed by atoms with E-state index in [1.54, 1.807) is 17.8 Å². The molecule has 0 radical (unpaired) electrons. The van der Waals surface area contributed by atoms with Crippen LogP contribution < -0.4 is 10.2 Å². The third-order valence-corrected chi connectivity index (χ3v) is 8.13. The number of ether oxygens (including phenoxy) is 1. The lowest BCUT2D eigenvalue weighted by Gasteiger charge is -2.30. The molecule has 0 saturated heterocycles. The van der Waals surface area contributed by atoms with Crippen molar-refractivity contribution >= 4 is 52.4 Å². The van der Waals surface area contributed by atoms with Crippen LogP contribution in [0.3, 0.4) is 0 Å². The van der Waals surface area contributed by atoms with Crippen LogP contribution in [0.5, 0.6) is 0 Å². The van der Waals surface area contributed by atoms with Gasteiger partial charge in [-0.25, -0.2) is 9.10 Å². The number of unbranched alkanes of at least 4 members (excludes halogenated alkanes) is 1. The van der Waals surface area contributed by atoms with E-state index in [1.807, 2.05) is 30.1 Å². The van der Waals surface area contributed by atoms with Crippen LogP contribution in [0.4, 0.5) is 22.7 Å². The molecule has 4 rings (SSSR count). The van der Waals surface area contributed by atoms with Crippen LogP contribution in [0.25, 0.3) is 0 Å². The first-order valence-electron chi connectivity index (χ1n) is 11.9. The van der Waals surface area contributed by atoms with Crippen LogP contribution in [0, 0.1) is 0 Å². The molecular weight excluding hydrogens is 474 g/mol. The number of fused-ring (bicyclic) bond motifs is 1. The van der Waals surface area contributed by atoms with Crippen molar-refractivity contribution in [3.05, 3.63) is 72.3 Å². The Morgan fingerprint density at radius 3 is 2.66 bits per heavy atom. The fraction of sp³-hybridized carbons (Fsp3) is 0.321. The van der Waals surface area contributed by atoms with Gasteiger partial charge in [0, 0.05) is 33.8 Å². The Labute approximate surface area is 217 Å². The predicted molar refractivity (Wildman–Crippen MR) is 150 cm³/mol. The van der Waals surface area contributed by atoms with Crippen LogP contribution >= 0.6 is 23.7 Å². The first-order chi connectivity index (χ1) is 17.0. The molecule has 0 bridgehead atoms. The average Bonchev–Trinajstić information content (AvgIpc) is 3.02. The zero-order valence-electron chi connectivity index (χ0n) is 20.8. The molecule has 0 saturated carbocycles. The van der Waals surface area contributed by atoms with Gasteiger partial charge in [0.25, 0.3) is 0 Å². The highest BCUT2D eigenvalue weighted by atomic mass is 32.2. The number of carbonyl (C=O) groups is 1. The number of carbonyl (C=O) groups excluding carboxylic acids is 1. The number of esters is 1. The van der Waals surface area contributed by atoms with Crippen molar-refractivity contribution in [2.75, 3.05) is 37.2 Å². The second kappa shape index (κ2) is 11.9. The van der Waals surface area contributed by atoms with Crippen LogP contribution in [0.15, 0.2) is 76.5 Å². The van der Waals surface area contributed by atoms with E-state index in [2.05, 4.69) is 77.2 Å². The van der Waals surface area contributed by atoms with E-state index < -0.39 is 0 Å². The van der Waals surface area contributed by atoms with E-state index in [0.717, 1.165) is 29.2 Å². The Bertz CT molecular complexity index is 1160. The van der Waals surface area contributed by atoms with Gasteiger partial charge in [-0.3, -0.25) is 0 Å². The van der Waals surface area contributed by atoms with Gasteiger partial charge in [0.05, 0.1) is 24.0 Å². The van der Waals surface area contributed by atoms with Crippen molar-refractivity contribution in [1.82, 2.24) is 4.31 Å². The van der Waals surface area contributed by atoms with Crippen molar-refractivity contribution in [2.45, 2.75) is 42.0 Å². The molecule has 1 atom stereocenters. The summed E-state index contributed by atoms with van der Waals surface area (Å²) in [4.78, 5) is 16.8. The van der Waals surface area contributed by atoms with Gasteiger partial charge in [0.2, 0.25) is 0 Å². The largest absolute Gasteiger partial charge is 0.465 e. The molecule has 1 N–H and O–H groups in total. The summed E-state index contributed by atoms with van der Waals surface area (Å²) in [6, 6.07) is 23.1. The quantitative estimate of drug-likeness (QED) is 0.191.